The van der Waals surface area contributed by atoms with E-state index in [1.807, 2.05) is 24.0 Å². The standard InChI is InChI=1S/C11H19N3O/c1-14-6-5-12-11(14)8-13-10(4-7-15)9-2-3-9/h5-6,9-10,13,15H,2-4,7-8H2,1H3. The first-order chi connectivity index (χ1) is 7.31. The van der Waals surface area contributed by atoms with E-state index in [1.165, 1.54) is 12.8 Å². The van der Waals surface area contributed by atoms with E-state index in [1.54, 1.807) is 0 Å². The highest BCUT2D eigenvalue weighted by Crippen LogP contribution is 2.33. The van der Waals surface area contributed by atoms with Gasteiger partial charge in [-0.05, 0) is 25.2 Å². The van der Waals surface area contributed by atoms with Crippen LogP contribution in [0, 0.1) is 5.92 Å². The number of hydrogen-bond acceptors (Lipinski definition) is 3. The molecule has 0 bridgehead atoms. The molecule has 2 N–H and O–H groups in total. The summed E-state index contributed by atoms with van der Waals surface area (Å²) in [5.74, 6) is 1.83. The first kappa shape index (κ1) is 10.6. The molecule has 1 saturated carbocycles. The van der Waals surface area contributed by atoms with Gasteiger partial charge < -0.3 is 15.0 Å². The Hall–Kier alpha value is -0.870. The minimum absolute atomic E-state index is 0.273. The molecule has 0 saturated heterocycles. The molecule has 0 amide bonds. The van der Waals surface area contributed by atoms with Crippen LogP contribution >= 0.6 is 0 Å². The van der Waals surface area contributed by atoms with E-state index < -0.39 is 0 Å². The van der Waals surface area contributed by atoms with Crippen LogP contribution in [0.2, 0.25) is 0 Å². The molecule has 1 aliphatic carbocycles. The maximum absolute atomic E-state index is 8.96. The molecule has 4 heteroatoms. The van der Waals surface area contributed by atoms with Crippen LogP contribution in [0.5, 0.6) is 0 Å². The molecular formula is C11H19N3O. The minimum atomic E-state index is 0.273. The predicted molar refractivity (Wildman–Crippen MR) is 58.3 cm³/mol. The molecule has 0 aromatic carbocycles. The van der Waals surface area contributed by atoms with E-state index in [4.69, 9.17) is 5.11 Å². The van der Waals surface area contributed by atoms with Gasteiger partial charge in [-0.25, -0.2) is 4.98 Å². The molecule has 1 heterocycles. The lowest BCUT2D eigenvalue weighted by molar-refractivity contribution is 0.255. The van der Waals surface area contributed by atoms with Crippen molar-refractivity contribution in [2.45, 2.75) is 31.8 Å². The minimum Gasteiger partial charge on any atom is -0.396 e. The van der Waals surface area contributed by atoms with Crippen LogP contribution in [0.3, 0.4) is 0 Å². The molecule has 84 valence electrons. The number of nitrogens with zero attached hydrogens (tertiary/aromatic N) is 2. The Morgan fingerprint density at radius 2 is 2.47 bits per heavy atom. The summed E-state index contributed by atoms with van der Waals surface area (Å²) in [5, 5.41) is 12.4. The van der Waals surface area contributed by atoms with Gasteiger partial charge in [0.05, 0.1) is 6.54 Å². The largest absolute Gasteiger partial charge is 0.396 e. The number of rotatable bonds is 6. The quantitative estimate of drug-likeness (QED) is 0.724. The third-order valence-corrected chi connectivity index (χ3v) is 3.07. The number of aromatic nitrogens is 2. The Morgan fingerprint density at radius 1 is 1.67 bits per heavy atom. The van der Waals surface area contributed by atoms with Gasteiger partial charge in [0, 0.05) is 32.1 Å². The molecule has 1 aromatic heterocycles. The van der Waals surface area contributed by atoms with Crippen molar-refractivity contribution in [3.8, 4) is 0 Å². The molecule has 1 atom stereocenters. The first-order valence-corrected chi connectivity index (χ1v) is 5.61. The molecule has 1 aliphatic rings. The third-order valence-electron chi connectivity index (χ3n) is 3.07. The molecule has 1 aromatic rings. The van der Waals surface area contributed by atoms with Gasteiger partial charge >= 0.3 is 0 Å². The van der Waals surface area contributed by atoms with Gasteiger partial charge in [-0.3, -0.25) is 0 Å². The van der Waals surface area contributed by atoms with Gasteiger partial charge in [0.25, 0.3) is 0 Å². The van der Waals surface area contributed by atoms with Crippen molar-refractivity contribution in [1.82, 2.24) is 14.9 Å². The fourth-order valence-corrected chi connectivity index (χ4v) is 1.93. The van der Waals surface area contributed by atoms with E-state index in [-0.39, 0.29) is 6.61 Å². The Balaban J connectivity index is 1.82. The lowest BCUT2D eigenvalue weighted by atomic mass is 10.1. The van der Waals surface area contributed by atoms with Gasteiger partial charge in [-0.1, -0.05) is 0 Å². The molecule has 0 radical (unpaired) electrons. The molecule has 1 unspecified atom stereocenters. The fourth-order valence-electron chi connectivity index (χ4n) is 1.93. The van der Waals surface area contributed by atoms with Crippen LogP contribution in [0.15, 0.2) is 12.4 Å². The molecule has 0 aliphatic heterocycles. The highest BCUT2D eigenvalue weighted by Gasteiger charge is 2.30. The van der Waals surface area contributed by atoms with Crippen molar-refractivity contribution in [3.05, 3.63) is 18.2 Å². The maximum Gasteiger partial charge on any atom is 0.122 e. The lowest BCUT2D eigenvalue weighted by Crippen LogP contribution is -2.32. The molecular weight excluding hydrogens is 190 g/mol. The van der Waals surface area contributed by atoms with Gasteiger partial charge in [0.2, 0.25) is 0 Å². The average molecular weight is 209 g/mol. The number of aliphatic hydroxyl groups is 1. The summed E-state index contributed by atoms with van der Waals surface area (Å²) in [6, 6.07) is 0.465. The normalized spacial score (nSPS) is 18.0. The van der Waals surface area contributed by atoms with Crippen LogP contribution in [0.4, 0.5) is 0 Å². The van der Waals surface area contributed by atoms with Crippen molar-refractivity contribution in [3.63, 3.8) is 0 Å². The van der Waals surface area contributed by atoms with Crippen molar-refractivity contribution >= 4 is 0 Å². The van der Waals surface area contributed by atoms with Gasteiger partial charge in [-0.2, -0.15) is 0 Å². The highest BCUT2D eigenvalue weighted by atomic mass is 16.3. The molecule has 15 heavy (non-hydrogen) atoms. The molecule has 1 fully saturated rings. The summed E-state index contributed by atoms with van der Waals surface area (Å²) in [6.45, 7) is 1.07. The summed E-state index contributed by atoms with van der Waals surface area (Å²) in [4.78, 5) is 4.27. The summed E-state index contributed by atoms with van der Waals surface area (Å²) in [6.07, 6.45) is 7.23. The van der Waals surface area contributed by atoms with Crippen LogP contribution < -0.4 is 5.32 Å². The molecule has 4 nitrogen and oxygen atoms in total. The smallest absolute Gasteiger partial charge is 0.122 e. The zero-order chi connectivity index (χ0) is 10.7. The van der Waals surface area contributed by atoms with Crippen molar-refractivity contribution in [2.75, 3.05) is 6.61 Å². The summed E-state index contributed by atoms with van der Waals surface area (Å²) >= 11 is 0. The van der Waals surface area contributed by atoms with E-state index in [2.05, 4.69) is 10.3 Å². The number of aryl methyl sites for hydroxylation is 1. The average Bonchev–Trinajstić information content (AvgIpc) is 2.98. The van der Waals surface area contributed by atoms with E-state index >= 15 is 0 Å². The monoisotopic (exact) mass is 209 g/mol. The third kappa shape index (κ3) is 2.79. The van der Waals surface area contributed by atoms with Crippen LogP contribution in [0.1, 0.15) is 25.1 Å². The zero-order valence-corrected chi connectivity index (χ0v) is 9.19. The summed E-state index contributed by atoms with van der Waals surface area (Å²) in [5.41, 5.74) is 0. The van der Waals surface area contributed by atoms with Crippen molar-refractivity contribution in [2.24, 2.45) is 13.0 Å². The maximum atomic E-state index is 8.96. The van der Waals surface area contributed by atoms with Crippen molar-refractivity contribution in [1.29, 1.82) is 0 Å². The Morgan fingerprint density at radius 3 is 3.00 bits per heavy atom. The van der Waals surface area contributed by atoms with E-state index in [9.17, 15) is 0 Å². The topological polar surface area (TPSA) is 50.1 Å². The van der Waals surface area contributed by atoms with Crippen LogP contribution in [-0.4, -0.2) is 27.3 Å². The number of imidazole rings is 1. The first-order valence-electron chi connectivity index (χ1n) is 5.61. The Bertz CT molecular complexity index is 307. The second kappa shape index (κ2) is 4.77. The lowest BCUT2D eigenvalue weighted by Gasteiger charge is -2.16. The second-order valence-corrected chi connectivity index (χ2v) is 4.29. The van der Waals surface area contributed by atoms with Crippen LogP contribution in [-0.2, 0) is 13.6 Å². The van der Waals surface area contributed by atoms with Gasteiger partial charge in [0.1, 0.15) is 5.82 Å². The van der Waals surface area contributed by atoms with E-state index in [0.29, 0.717) is 6.04 Å². The predicted octanol–water partition coefficient (Wildman–Crippen LogP) is 0.671. The van der Waals surface area contributed by atoms with Gasteiger partial charge in [0.15, 0.2) is 0 Å². The summed E-state index contributed by atoms with van der Waals surface area (Å²) in [7, 11) is 2.00. The van der Waals surface area contributed by atoms with Crippen molar-refractivity contribution < 1.29 is 5.11 Å². The highest BCUT2D eigenvalue weighted by molar-refractivity contribution is 4.93. The fraction of sp³-hybridized carbons (Fsp3) is 0.727. The zero-order valence-electron chi connectivity index (χ0n) is 9.19. The molecule has 2 rings (SSSR count). The number of hydrogen-bond donors (Lipinski definition) is 2. The number of nitrogens with one attached hydrogen (secondary N) is 1. The Kier molecular flexibility index (Phi) is 3.38. The molecule has 0 spiro atoms. The van der Waals surface area contributed by atoms with Gasteiger partial charge in [-0.15, -0.1) is 0 Å². The Labute approximate surface area is 90.3 Å². The number of aliphatic hydroxyl groups excluding tert-OH is 1. The van der Waals surface area contributed by atoms with Crippen LogP contribution in [0.25, 0.3) is 0 Å². The SMILES string of the molecule is Cn1ccnc1CNC(CCO)C1CC1. The van der Waals surface area contributed by atoms with E-state index in [0.717, 1.165) is 24.7 Å². The second-order valence-electron chi connectivity index (χ2n) is 4.29. The summed E-state index contributed by atoms with van der Waals surface area (Å²) < 4.78 is 2.02.